The molecule has 3 heteroatoms. The topological polar surface area (TPSA) is 20.2 Å². The Hall–Kier alpha value is 0.140. The zero-order valence-corrected chi connectivity index (χ0v) is 15.4. The second kappa shape index (κ2) is 4.58. The lowest BCUT2D eigenvalue weighted by molar-refractivity contribution is -0.156. The van der Waals surface area contributed by atoms with Gasteiger partial charge < -0.3 is 5.11 Å². The van der Waals surface area contributed by atoms with Gasteiger partial charge in [0.15, 0.2) is 0 Å². The van der Waals surface area contributed by atoms with Gasteiger partial charge in [0.25, 0.3) is 0 Å². The maximum absolute atomic E-state index is 10.8. The maximum atomic E-state index is 10.8. The van der Waals surface area contributed by atoms with Gasteiger partial charge in [-0.3, -0.25) is 0 Å². The lowest BCUT2D eigenvalue weighted by Crippen LogP contribution is -2.55. The van der Waals surface area contributed by atoms with Crippen LogP contribution in [0.4, 0.5) is 0 Å². The molecule has 1 aromatic rings. The molecule has 0 saturated heterocycles. The van der Waals surface area contributed by atoms with E-state index in [1.54, 1.807) is 11.3 Å². The van der Waals surface area contributed by atoms with Crippen molar-refractivity contribution < 1.29 is 5.11 Å². The molecule has 0 amide bonds. The van der Waals surface area contributed by atoms with Crippen molar-refractivity contribution in [2.24, 2.45) is 22.2 Å². The van der Waals surface area contributed by atoms with Gasteiger partial charge >= 0.3 is 0 Å². The number of rotatable bonds is 3. The van der Waals surface area contributed by atoms with Crippen LogP contribution in [0.25, 0.3) is 0 Å². The van der Waals surface area contributed by atoms with Gasteiger partial charge in [-0.2, -0.15) is 0 Å². The van der Waals surface area contributed by atoms with Crippen molar-refractivity contribution in [3.63, 3.8) is 0 Å². The fourth-order valence-corrected chi connectivity index (χ4v) is 8.58. The first-order valence-electron chi connectivity index (χ1n) is 8.22. The van der Waals surface area contributed by atoms with Crippen molar-refractivity contribution in [2.45, 2.75) is 64.9 Å². The number of hydrogen-bond donors (Lipinski definition) is 1. The summed E-state index contributed by atoms with van der Waals surface area (Å²) < 4.78 is 1.09. The van der Waals surface area contributed by atoms with Gasteiger partial charge in [-0.15, -0.1) is 11.3 Å². The average molecular weight is 369 g/mol. The second-order valence-corrected chi connectivity index (χ2v) is 10.8. The van der Waals surface area contributed by atoms with Gasteiger partial charge in [-0.05, 0) is 94.5 Å². The minimum atomic E-state index is -0.289. The van der Waals surface area contributed by atoms with Gasteiger partial charge in [-0.25, -0.2) is 0 Å². The molecule has 4 saturated carbocycles. The Morgan fingerprint density at radius 2 is 1.90 bits per heavy atom. The highest BCUT2D eigenvalue weighted by atomic mass is 79.9. The molecule has 4 fully saturated rings. The molecule has 1 heterocycles. The molecule has 4 aliphatic carbocycles. The van der Waals surface area contributed by atoms with Crippen molar-refractivity contribution in [1.82, 2.24) is 0 Å². The highest BCUT2D eigenvalue weighted by Gasteiger charge is 2.60. The van der Waals surface area contributed by atoms with Crippen molar-refractivity contribution in [1.29, 1.82) is 0 Å². The van der Waals surface area contributed by atoms with Crippen LogP contribution in [-0.2, 0) is 0 Å². The summed E-state index contributed by atoms with van der Waals surface area (Å²) in [6.07, 6.45) is 9.00. The van der Waals surface area contributed by atoms with E-state index in [1.165, 1.54) is 38.5 Å². The Morgan fingerprint density at radius 3 is 2.43 bits per heavy atom. The van der Waals surface area contributed by atoms with E-state index in [0.717, 1.165) is 21.7 Å². The standard InChI is InChI=1S/C18H25BrOS/c1-16-5-12-6-17(2,9-16)11-18(7-12,10-16)8-14(20)15-13(19)3-4-21-15/h3-4,12,14,20H,5-11H2,1-2H3. The zero-order chi connectivity index (χ0) is 14.9. The fourth-order valence-electron chi connectivity index (χ4n) is 6.96. The van der Waals surface area contributed by atoms with Crippen LogP contribution >= 0.6 is 27.3 Å². The molecule has 4 aliphatic rings. The number of aliphatic hydroxyl groups is 1. The Morgan fingerprint density at radius 1 is 1.24 bits per heavy atom. The molecule has 0 spiro atoms. The molecule has 0 radical (unpaired) electrons. The van der Waals surface area contributed by atoms with Gasteiger partial charge in [-0.1, -0.05) is 13.8 Å². The van der Waals surface area contributed by atoms with Crippen molar-refractivity contribution in [3.05, 3.63) is 20.8 Å². The number of aliphatic hydroxyl groups excluding tert-OH is 1. The summed E-state index contributed by atoms with van der Waals surface area (Å²) in [6.45, 7) is 5.02. The van der Waals surface area contributed by atoms with E-state index in [1.807, 2.05) is 0 Å². The lowest BCUT2D eigenvalue weighted by atomic mass is 9.39. The first-order chi connectivity index (χ1) is 9.81. The largest absolute Gasteiger partial charge is 0.388 e. The molecule has 116 valence electrons. The Bertz CT molecular complexity index is 547. The molecule has 3 atom stereocenters. The third-order valence-corrected chi connectivity index (χ3v) is 8.29. The molecule has 1 aromatic heterocycles. The van der Waals surface area contributed by atoms with Crippen LogP contribution in [0.1, 0.15) is 69.8 Å². The van der Waals surface area contributed by atoms with Crippen LogP contribution in [0.15, 0.2) is 15.9 Å². The summed E-state index contributed by atoms with van der Waals surface area (Å²) >= 11 is 5.28. The van der Waals surface area contributed by atoms with Gasteiger partial charge in [0.1, 0.15) is 0 Å². The molecule has 0 aliphatic heterocycles. The third kappa shape index (κ3) is 2.44. The van der Waals surface area contributed by atoms with Crippen LogP contribution in [0.3, 0.4) is 0 Å². The lowest BCUT2D eigenvalue weighted by Gasteiger charge is -2.66. The molecule has 0 aromatic carbocycles. The van der Waals surface area contributed by atoms with Crippen molar-refractivity contribution in [3.8, 4) is 0 Å². The highest BCUT2D eigenvalue weighted by molar-refractivity contribution is 9.10. The first kappa shape index (κ1) is 14.7. The predicted molar refractivity (Wildman–Crippen MR) is 91.4 cm³/mol. The summed E-state index contributed by atoms with van der Waals surface area (Å²) in [5, 5.41) is 12.9. The van der Waals surface area contributed by atoms with E-state index in [-0.39, 0.29) is 6.10 Å². The van der Waals surface area contributed by atoms with Crippen LogP contribution < -0.4 is 0 Å². The summed E-state index contributed by atoms with van der Waals surface area (Å²) in [7, 11) is 0. The van der Waals surface area contributed by atoms with Crippen LogP contribution in [0, 0.1) is 22.2 Å². The molecule has 1 nitrogen and oxygen atoms in total. The SMILES string of the molecule is CC12CC3CC(C)(C1)CC(CC(O)c1sccc1Br)(C3)C2. The molecule has 4 bridgehead atoms. The smallest absolute Gasteiger partial charge is 0.0898 e. The van der Waals surface area contributed by atoms with Crippen LogP contribution in [-0.4, -0.2) is 5.11 Å². The monoisotopic (exact) mass is 368 g/mol. The second-order valence-electron chi connectivity index (χ2n) is 8.98. The number of halogens is 1. The van der Waals surface area contributed by atoms with Gasteiger partial charge in [0.2, 0.25) is 0 Å². The number of hydrogen-bond acceptors (Lipinski definition) is 2. The minimum Gasteiger partial charge on any atom is -0.388 e. The summed E-state index contributed by atoms with van der Waals surface area (Å²) in [5.74, 6) is 0.912. The number of thiophene rings is 1. The minimum absolute atomic E-state index is 0.289. The Balaban J connectivity index is 1.61. The van der Waals surface area contributed by atoms with E-state index in [9.17, 15) is 5.11 Å². The predicted octanol–water partition coefficient (Wildman–Crippen LogP) is 5.93. The summed E-state index contributed by atoms with van der Waals surface area (Å²) in [5.41, 5.74) is 1.48. The molecule has 3 unspecified atom stereocenters. The molecular formula is C18H25BrOS. The van der Waals surface area contributed by atoms with Crippen LogP contribution in [0.5, 0.6) is 0 Å². The van der Waals surface area contributed by atoms with Crippen molar-refractivity contribution >= 4 is 27.3 Å². The zero-order valence-electron chi connectivity index (χ0n) is 13.0. The summed E-state index contributed by atoms with van der Waals surface area (Å²) in [6, 6.07) is 2.06. The summed E-state index contributed by atoms with van der Waals surface area (Å²) in [4.78, 5) is 1.13. The highest BCUT2D eigenvalue weighted by Crippen LogP contribution is 2.71. The quantitative estimate of drug-likeness (QED) is 0.700. The Kier molecular flexibility index (Phi) is 3.21. The van der Waals surface area contributed by atoms with E-state index < -0.39 is 0 Å². The van der Waals surface area contributed by atoms with Crippen molar-refractivity contribution in [2.75, 3.05) is 0 Å². The first-order valence-corrected chi connectivity index (χ1v) is 9.89. The fraction of sp³-hybridized carbons (Fsp3) is 0.778. The molecule has 21 heavy (non-hydrogen) atoms. The van der Waals surface area contributed by atoms with E-state index >= 15 is 0 Å². The molecule has 1 N–H and O–H groups in total. The van der Waals surface area contributed by atoms with Crippen LogP contribution in [0.2, 0.25) is 0 Å². The van der Waals surface area contributed by atoms with E-state index in [2.05, 4.69) is 41.2 Å². The van der Waals surface area contributed by atoms with E-state index in [0.29, 0.717) is 16.2 Å². The average Bonchev–Trinajstić information content (AvgIpc) is 2.69. The molecule has 5 rings (SSSR count). The normalized spacial score (nSPS) is 46.0. The van der Waals surface area contributed by atoms with E-state index in [4.69, 9.17) is 0 Å². The van der Waals surface area contributed by atoms with Gasteiger partial charge in [0.05, 0.1) is 6.10 Å². The Labute approximate surface area is 140 Å². The third-order valence-electron chi connectivity index (χ3n) is 6.32. The molecular weight excluding hydrogens is 344 g/mol. The maximum Gasteiger partial charge on any atom is 0.0898 e. The van der Waals surface area contributed by atoms with Gasteiger partial charge in [0, 0.05) is 9.35 Å².